The lowest BCUT2D eigenvalue weighted by Gasteiger charge is -2.20. The van der Waals surface area contributed by atoms with Crippen LogP contribution in [0.15, 0.2) is 40.9 Å². The molecular formula is C15H16BrFN2. The van der Waals surface area contributed by atoms with Crippen LogP contribution in [0.4, 0.5) is 4.39 Å². The summed E-state index contributed by atoms with van der Waals surface area (Å²) < 4.78 is 14.8. The van der Waals surface area contributed by atoms with E-state index in [1.807, 2.05) is 32.0 Å². The van der Waals surface area contributed by atoms with E-state index in [1.54, 1.807) is 6.07 Å². The first-order valence-electron chi connectivity index (χ1n) is 6.01. The van der Waals surface area contributed by atoms with E-state index in [0.717, 1.165) is 11.1 Å². The fourth-order valence-corrected chi connectivity index (χ4v) is 2.57. The summed E-state index contributed by atoms with van der Waals surface area (Å²) in [6.07, 6.45) is 0. The molecule has 3 N–H and O–H groups in total. The van der Waals surface area contributed by atoms with Gasteiger partial charge in [-0.05, 0) is 37.1 Å². The zero-order chi connectivity index (χ0) is 14.0. The van der Waals surface area contributed by atoms with Gasteiger partial charge < -0.3 is 0 Å². The Morgan fingerprint density at radius 2 is 1.79 bits per heavy atom. The normalized spacial score (nSPS) is 12.5. The topological polar surface area (TPSA) is 38.0 Å². The van der Waals surface area contributed by atoms with Gasteiger partial charge in [0.2, 0.25) is 0 Å². The summed E-state index contributed by atoms with van der Waals surface area (Å²) >= 11 is 3.26. The second kappa shape index (κ2) is 5.82. The Bertz CT molecular complexity index is 547. The predicted molar refractivity (Wildman–Crippen MR) is 79.2 cm³/mol. The van der Waals surface area contributed by atoms with E-state index in [9.17, 15) is 4.39 Å². The molecule has 0 saturated heterocycles. The minimum Gasteiger partial charge on any atom is -0.271 e. The molecule has 4 heteroatoms. The summed E-state index contributed by atoms with van der Waals surface area (Å²) in [5, 5.41) is 0. The Hall–Kier alpha value is -1.23. The molecule has 0 radical (unpaired) electrons. The summed E-state index contributed by atoms with van der Waals surface area (Å²) in [5.41, 5.74) is 6.48. The maximum atomic E-state index is 14.1. The third kappa shape index (κ3) is 3.03. The zero-order valence-corrected chi connectivity index (χ0v) is 12.5. The molecule has 0 amide bonds. The third-order valence-corrected chi connectivity index (χ3v) is 3.67. The second-order valence-electron chi connectivity index (χ2n) is 4.63. The van der Waals surface area contributed by atoms with Crippen molar-refractivity contribution in [2.75, 3.05) is 0 Å². The van der Waals surface area contributed by atoms with Gasteiger partial charge in [0.05, 0.1) is 6.04 Å². The number of benzene rings is 2. The molecule has 0 fully saturated rings. The van der Waals surface area contributed by atoms with Gasteiger partial charge in [-0.15, -0.1) is 0 Å². The number of aryl methyl sites for hydroxylation is 2. The molecule has 0 heterocycles. The number of nitrogens with two attached hydrogens (primary N) is 1. The third-order valence-electron chi connectivity index (χ3n) is 3.18. The van der Waals surface area contributed by atoms with Crippen molar-refractivity contribution in [2.24, 2.45) is 5.84 Å². The van der Waals surface area contributed by atoms with Gasteiger partial charge in [-0.3, -0.25) is 5.84 Å². The first-order chi connectivity index (χ1) is 9.02. The lowest BCUT2D eigenvalue weighted by molar-refractivity contribution is 0.558. The fourth-order valence-electron chi connectivity index (χ4n) is 2.23. The molecule has 0 saturated carbocycles. The molecule has 2 aromatic rings. The van der Waals surface area contributed by atoms with E-state index in [4.69, 9.17) is 5.84 Å². The molecule has 100 valence electrons. The summed E-state index contributed by atoms with van der Waals surface area (Å²) in [7, 11) is 0. The maximum absolute atomic E-state index is 14.1. The van der Waals surface area contributed by atoms with Crippen molar-refractivity contribution in [3.05, 3.63) is 68.9 Å². The van der Waals surface area contributed by atoms with Crippen LogP contribution in [0.1, 0.15) is 28.3 Å². The Morgan fingerprint density at radius 1 is 1.11 bits per heavy atom. The smallest absolute Gasteiger partial charge is 0.129 e. The fraction of sp³-hybridized carbons (Fsp3) is 0.200. The molecule has 19 heavy (non-hydrogen) atoms. The first kappa shape index (κ1) is 14.2. The lowest BCUT2D eigenvalue weighted by Crippen LogP contribution is -2.30. The Kier molecular flexibility index (Phi) is 4.34. The number of hydrazine groups is 1. The quantitative estimate of drug-likeness (QED) is 0.667. The summed E-state index contributed by atoms with van der Waals surface area (Å²) in [5.74, 6) is 5.34. The first-order valence-corrected chi connectivity index (χ1v) is 6.80. The van der Waals surface area contributed by atoms with Crippen molar-refractivity contribution in [3.8, 4) is 0 Å². The van der Waals surface area contributed by atoms with Gasteiger partial charge in [-0.25, -0.2) is 9.82 Å². The average Bonchev–Trinajstić information content (AvgIpc) is 2.34. The molecule has 1 atom stereocenters. The van der Waals surface area contributed by atoms with E-state index in [-0.39, 0.29) is 11.9 Å². The molecule has 2 aromatic carbocycles. The van der Waals surface area contributed by atoms with Crippen molar-refractivity contribution < 1.29 is 4.39 Å². The van der Waals surface area contributed by atoms with E-state index in [2.05, 4.69) is 27.4 Å². The van der Waals surface area contributed by atoms with Crippen LogP contribution >= 0.6 is 15.9 Å². The second-order valence-corrected chi connectivity index (χ2v) is 5.54. The number of nitrogens with one attached hydrogen (secondary N) is 1. The highest BCUT2D eigenvalue weighted by atomic mass is 79.9. The van der Waals surface area contributed by atoms with Crippen LogP contribution in [0.2, 0.25) is 0 Å². The number of halogens is 2. The Labute approximate surface area is 120 Å². The highest BCUT2D eigenvalue weighted by Crippen LogP contribution is 2.28. The molecule has 0 spiro atoms. The van der Waals surface area contributed by atoms with Crippen LogP contribution in [0, 0.1) is 19.7 Å². The predicted octanol–water partition coefficient (Wildman–Crippen LogP) is 3.76. The molecule has 0 aliphatic heterocycles. The van der Waals surface area contributed by atoms with Crippen LogP contribution in [0.3, 0.4) is 0 Å². The molecule has 2 rings (SSSR count). The zero-order valence-electron chi connectivity index (χ0n) is 10.9. The largest absolute Gasteiger partial charge is 0.271 e. The molecule has 0 bridgehead atoms. The number of hydrogen-bond acceptors (Lipinski definition) is 2. The molecular weight excluding hydrogens is 307 g/mol. The van der Waals surface area contributed by atoms with Gasteiger partial charge in [-0.2, -0.15) is 0 Å². The van der Waals surface area contributed by atoms with Crippen molar-refractivity contribution in [3.63, 3.8) is 0 Å². The van der Waals surface area contributed by atoms with Crippen LogP contribution in [-0.4, -0.2) is 0 Å². The van der Waals surface area contributed by atoms with E-state index in [1.165, 1.54) is 11.6 Å². The van der Waals surface area contributed by atoms with Gasteiger partial charge in [0.1, 0.15) is 5.82 Å². The monoisotopic (exact) mass is 322 g/mol. The SMILES string of the molecule is Cc1ccc(C(NN)c2ccc(Br)cc2F)c(C)c1. The molecule has 0 aromatic heterocycles. The van der Waals surface area contributed by atoms with Crippen LogP contribution < -0.4 is 11.3 Å². The van der Waals surface area contributed by atoms with Crippen molar-refractivity contribution in [2.45, 2.75) is 19.9 Å². The van der Waals surface area contributed by atoms with Crippen LogP contribution in [-0.2, 0) is 0 Å². The summed E-state index contributed by atoms with van der Waals surface area (Å²) in [4.78, 5) is 0. The number of rotatable bonds is 3. The van der Waals surface area contributed by atoms with Gasteiger partial charge in [0.25, 0.3) is 0 Å². The van der Waals surface area contributed by atoms with E-state index < -0.39 is 0 Å². The minimum absolute atomic E-state index is 0.280. The standard InChI is InChI=1S/C15H16BrFN2/c1-9-3-5-12(10(2)7-9)15(19-18)13-6-4-11(16)8-14(13)17/h3-8,15,19H,18H2,1-2H3. The highest BCUT2D eigenvalue weighted by Gasteiger charge is 2.18. The molecule has 0 aliphatic carbocycles. The van der Waals surface area contributed by atoms with E-state index >= 15 is 0 Å². The van der Waals surface area contributed by atoms with Gasteiger partial charge in [0, 0.05) is 10.0 Å². The van der Waals surface area contributed by atoms with Gasteiger partial charge >= 0.3 is 0 Å². The lowest BCUT2D eigenvalue weighted by atomic mass is 9.94. The van der Waals surface area contributed by atoms with Gasteiger partial charge in [0.15, 0.2) is 0 Å². The van der Waals surface area contributed by atoms with Gasteiger partial charge in [-0.1, -0.05) is 45.8 Å². The van der Waals surface area contributed by atoms with Crippen molar-refractivity contribution >= 4 is 15.9 Å². The molecule has 1 unspecified atom stereocenters. The maximum Gasteiger partial charge on any atom is 0.129 e. The number of hydrogen-bond donors (Lipinski definition) is 2. The average molecular weight is 323 g/mol. The van der Waals surface area contributed by atoms with Crippen molar-refractivity contribution in [1.82, 2.24) is 5.43 Å². The Balaban J connectivity index is 2.50. The highest BCUT2D eigenvalue weighted by molar-refractivity contribution is 9.10. The van der Waals surface area contributed by atoms with Crippen molar-refractivity contribution in [1.29, 1.82) is 0 Å². The van der Waals surface area contributed by atoms with E-state index in [0.29, 0.717) is 10.0 Å². The Morgan fingerprint density at radius 3 is 2.37 bits per heavy atom. The summed E-state index contributed by atoms with van der Waals surface area (Å²) in [6, 6.07) is 10.7. The molecule has 0 aliphatic rings. The van der Waals surface area contributed by atoms with Crippen LogP contribution in [0.25, 0.3) is 0 Å². The minimum atomic E-state index is -0.353. The molecule has 2 nitrogen and oxygen atoms in total. The van der Waals surface area contributed by atoms with Crippen LogP contribution in [0.5, 0.6) is 0 Å². The summed E-state index contributed by atoms with van der Waals surface area (Å²) in [6.45, 7) is 4.03.